The highest BCUT2D eigenvalue weighted by Crippen LogP contribution is 2.30. The van der Waals surface area contributed by atoms with Crippen molar-refractivity contribution < 1.29 is 9.59 Å². The van der Waals surface area contributed by atoms with Gasteiger partial charge in [0.05, 0.1) is 0 Å². The molecular weight excluding hydrogens is 358 g/mol. The first-order chi connectivity index (χ1) is 13.2. The third kappa shape index (κ3) is 4.37. The zero-order valence-corrected chi connectivity index (χ0v) is 16.5. The molecule has 0 radical (unpaired) electrons. The van der Waals surface area contributed by atoms with Crippen molar-refractivity contribution in [2.45, 2.75) is 56.6 Å². The van der Waals surface area contributed by atoms with Crippen molar-refractivity contribution in [3.05, 3.63) is 29.8 Å². The molecule has 1 aliphatic carbocycles. The van der Waals surface area contributed by atoms with Crippen LogP contribution in [-0.4, -0.2) is 35.3 Å². The molecule has 27 heavy (non-hydrogen) atoms. The van der Waals surface area contributed by atoms with Crippen LogP contribution in [0.15, 0.2) is 29.3 Å². The molecule has 144 valence electrons. The first-order valence-electron chi connectivity index (χ1n) is 10.1. The van der Waals surface area contributed by atoms with Crippen LogP contribution < -0.4 is 10.2 Å². The van der Waals surface area contributed by atoms with E-state index in [9.17, 15) is 9.59 Å². The van der Waals surface area contributed by atoms with E-state index < -0.39 is 0 Å². The topological polar surface area (TPSA) is 61.8 Å². The highest BCUT2D eigenvalue weighted by molar-refractivity contribution is 8.15. The van der Waals surface area contributed by atoms with E-state index >= 15 is 0 Å². The fraction of sp³-hybridized carbons (Fsp3) is 0.571. The van der Waals surface area contributed by atoms with Crippen LogP contribution in [0.5, 0.6) is 0 Å². The van der Waals surface area contributed by atoms with Crippen LogP contribution in [0.25, 0.3) is 0 Å². The lowest BCUT2D eigenvalue weighted by Crippen LogP contribution is -2.38. The van der Waals surface area contributed by atoms with Crippen molar-refractivity contribution in [3.63, 3.8) is 0 Å². The molecule has 0 bridgehead atoms. The largest absolute Gasteiger partial charge is 0.312 e. The second-order valence-electron chi connectivity index (χ2n) is 7.73. The van der Waals surface area contributed by atoms with Gasteiger partial charge < -0.3 is 10.2 Å². The third-order valence-electron chi connectivity index (χ3n) is 5.77. The Morgan fingerprint density at radius 2 is 2.00 bits per heavy atom. The molecule has 0 aromatic heterocycles. The predicted octanol–water partition coefficient (Wildman–Crippen LogP) is 3.52. The molecule has 6 heteroatoms. The van der Waals surface area contributed by atoms with E-state index in [1.54, 1.807) is 0 Å². The number of nitrogens with zero attached hydrogens (tertiary/aromatic N) is 2. The summed E-state index contributed by atoms with van der Waals surface area (Å²) in [7, 11) is 0. The number of aryl methyl sites for hydroxylation is 1. The Morgan fingerprint density at radius 1 is 1.19 bits per heavy atom. The number of aliphatic imine (C=N–C) groups is 1. The van der Waals surface area contributed by atoms with E-state index in [2.05, 4.69) is 16.4 Å². The molecule has 2 heterocycles. The first kappa shape index (κ1) is 18.5. The summed E-state index contributed by atoms with van der Waals surface area (Å²) < 4.78 is 0. The van der Waals surface area contributed by atoms with Gasteiger partial charge >= 0.3 is 0 Å². The fourth-order valence-corrected chi connectivity index (χ4v) is 5.23. The number of thioether (sulfide) groups is 1. The molecule has 1 aromatic rings. The number of amides is 2. The van der Waals surface area contributed by atoms with Crippen LogP contribution in [-0.2, 0) is 16.0 Å². The Morgan fingerprint density at radius 3 is 2.85 bits per heavy atom. The zero-order valence-electron chi connectivity index (χ0n) is 15.7. The Hall–Kier alpha value is -1.82. The van der Waals surface area contributed by atoms with Crippen molar-refractivity contribution in [2.24, 2.45) is 10.9 Å². The molecule has 3 aliphatic rings. The number of hydrogen-bond acceptors (Lipinski definition) is 4. The van der Waals surface area contributed by atoms with Crippen molar-refractivity contribution in [1.29, 1.82) is 0 Å². The van der Waals surface area contributed by atoms with Gasteiger partial charge in [-0.25, -0.2) is 0 Å². The molecule has 1 saturated heterocycles. The molecule has 1 saturated carbocycles. The minimum atomic E-state index is -0.364. The van der Waals surface area contributed by atoms with Gasteiger partial charge in [0.15, 0.2) is 5.17 Å². The van der Waals surface area contributed by atoms with Crippen LogP contribution in [0.1, 0.15) is 50.5 Å². The van der Waals surface area contributed by atoms with E-state index in [0.717, 1.165) is 31.6 Å². The second kappa shape index (κ2) is 8.46. The summed E-state index contributed by atoms with van der Waals surface area (Å²) in [6, 6.07) is 8.08. The molecule has 2 aliphatic heterocycles. The van der Waals surface area contributed by atoms with Gasteiger partial charge in [0.1, 0.15) is 5.25 Å². The summed E-state index contributed by atoms with van der Waals surface area (Å²) in [5, 5.41) is 3.21. The van der Waals surface area contributed by atoms with Crippen LogP contribution in [0.2, 0.25) is 0 Å². The number of hydrogen-bond donors (Lipinski definition) is 1. The fourth-order valence-electron chi connectivity index (χ4n) is 4.26. The quantitative estimate of drug-likeness (QED) is 0.863. The number of para-hydroxylation sites is 1. The third-order valence-corrected chi connectivity index (χ3v) is 6.89. The maximum Gasteiger partial charge on any atom is 0.240 e. The number of anilines is 1. The Balaban J connectivity index is 1.35. The van der Waals surface area contributed by atoms with Gasteiger partial charge in [0.2, 0.25) is 11.8 Å². The van der Waals surface area contributed by atoms with E-state index in [1.807, 2.05) is 23.1 Å². The second-order valence-corrected chi connectivity index (χ2v) is 8.92. The maximum absolute atomic E-state index is 12.9. The van der Waals surface area contributed by atoms with Crippen LogP contribution >= 0.6 is 11.8 Å². The van der Waals surface area contributed by atoms with E-state index in [0.29, 0.717) is 11.1 Å². The van der Waals surface area contributed by atoms with E-state index in [-0.39, 0.29) is 23.5 Å². The molecule has 1 unspecified atom stereocenters. The molecule has 2 amide bonds. The molecule has 1 atom stereocenters. The van der Waals surface area contributed by atoms with Gasteiger partial charge in [-0.15, -0.1) is 0 Å². The highest BCUT2D eigenvalue weighted by atomic mass is 32.2. The lowest BCUT2D eigenvalue weighted by atomic mass is 9.89. The SMILES string of the molecule is O=C1NC(=NCC2CCCCC2)SC1CC(=O)N1CCCc2ccccc21. The normalized spacial score (nSPS) is 24.7. The molecular formula is C21H27N3O2S. The van der Waals surface area contributed by atoms with E-state index in [1.165, 1.54) is 49.4 Å². The number of carbonyl (C=O) groups excluding carboxylic acids is 2. The number of benzene rings is 1. The Kier molecular flexibility index (Phi) is 5.81. The Labute approximate surface area is 165 Å². The molecule has 4 rings (SSSR count). The van der Waals surface area contributed by atoms with E-state index in [4.69, 9.17) is 0 Å². The Bertz CT molecular complexity index is 743. The lowest BCUT2D eigenvalue weighted by molar-refractivity contribution is -0.123. The van der Waals surface area contributed by atoms with Gasteiger partial charge in [-0.05, 0) is 43.2 Å². The van der Waals surface area contributed by atoms with Crippen molar-refractivity contribution >= 4 is 34.4 Å². The van der Waals surface area contributed by atoms with Crippen molar-refractivity contribution in [2.75, 3.05) is 18.0 Å². The summed E-state index contributed by atoms with van der Waals surface area (Å²) in [4.78, 5) is 31.7. The number of amidine groups is 1. The van der Waals surface area contributed by atoms with Gasteiger partial charge in [0, 0.05) is 25.2 Å². The maximum atomic E-state index is 12.9. The summed E-state index contributed by atoms with van der Waals surface area (Å²) in [6.45, 7) is 1.53. The summed E-state index contributed by atoms with van der Waals surface area (Å²) in [6.07, 6.45) is 8.62. The summed E-state index contributed by atoms with van der Waals surface area (Å²) in [5.74, 6) is 0.596. The van der Waals surface area contributed by atoms with Gasteiger partial charge in [-0.1, -0.05) is 49.2 Å². The number of rotatable bonds is 4. The molecule has 1 N–H and O–H groups in total. The smallest absolute Gasteiger partial charge is 0.240 e. The first-order valence-corrected chi connectivity index (χ1v) is 11.0. The van der Waals surface area contributed by atoms with Gasteiger partial charge in [-0.2, -0.15) is 0 Å². The molecule has 1 aromatic carbocycles. The molecule has 2 fully saturated rings. The summed E-state index contributed by atoms with van der Waals surface area (Å²) in [5.41, 5.74) is 2.22. The average Bonchev–Trinajstić information content (AvgIpc) is 3.06. The average molecular weight is 386 g/mol. The van der Waals surface area contributed by atoms with Crippen molar-refractivity contribution in [3.8, 4) is 0 Å². The van der Waals surface area contributed by atoms with Gasteiger partial charge in [0.25, 0.3) is 0 Å². The number of fused-ring (bicyclic) bond motifs is 1. The highest BCUT2D eigenvalue weighted by Gasteiger charge is 2.34. The minimum absolute atomic E-state index is 0.0309. The van der Waals surface area contributed by atoms with Gasteiger partial charge in [-0.3, -0.25) is 14.6 Å². The van der Waals surface area contributed by atoms with Crippen LogP contribution in [0.3, 0.4) is 0 Å². The van der Waals surface area contributed by atoms with Crippen LogP contribution in [0.4, 0.5) is 5.69 Å². The minimum Gasteiger partial charge on any atom is -0.312 e. The predicted molar refractivity (Wildman–Crippen MR) is 110 cm³/mol. The number of carbonyl (C=O) groups is 2. The zero-order chi connectivity index (χ0) is 18.6. The van der Waals surface area contributed by atoms with Crippen LogP contribution in [0, 0.1) is 5.92 Å². The summed E-state index contributed by atoms with van der Waals surface area (Å²) >= 11 is 1.42. The molecule has 5 nitrogen and oxygen atoms in total. The monoisotopic (exact) mass is 385 g/mol. The lowest BCUT2D eigenvalue weighted by Gasteiger charge is -2.29. The number of nitrogens with one attached hydrogen (secondary N) is 1. The van der Waals surface area contributed by atoms with Crippen molar-refractivity contribution in [1.82, 2.24) is 5.32 Å². The standard InChI is InChI=1S/C21H27N3O2S/c25-19(24-12-6-10-16-9-4-5-11-17(16)24)13-18-20(26)23-21(27-18)22-14-15-7-2-1-3-8-15/h4-5,9,11,15,18H,1-3,6-8,10,12-14H2,(H,22,23,26). The molecule has 0 spiro atoms.